The van der Waals surface area contributed by atoms with Crippen LogP contribution < -0.4 is 21.5 Å². The first-order chi connectivity index (χ1) is 15.3. The van der Waals surface area contributed by atoms with Gasteiger partial charge < -0.3 is 10.2 Å². The molecule has 1 N–H and O–H groups in total. The van der Waals surface area contributed by atoms with E-state index in [0.717, 1.165) is 50.1 Å². The van der Waals surface area contributed by atoms with Crippen LogP contribution in [-0.4, -0.2) is 57.6 Å². The van der Waals surface area contributed by atoms with Gasteiger partial charge in [-0.05, 0) is 31.5 Å². The van der Waals surface area contributed by atoms with Gasteiger partial charge in [-0.25, -0.2) is 4.79 Å². The molecule has 1 saturated heterocycles. The van der Waals surface area contributed by atoms with E-state index in [2.05, 4.69) is 15.1 Å². The van der Waals surface area contributed by atoms with Crippen LogP contribution >= 0.6 is 0 Å². The van der Waals surface area contributed by atoms with Crippen LogP contribution in [0.4, 0.5) is 17.2 Å². The lowest BCUT2D eigenvalue weighted by atomic mass is 10.2. The second-order valence-electron chi connectivity index (χ2n) is 7.88. The van der Waals surface area contributed by atoms with Crippen LogP contribution in [0.15, 0.2) is 39.9 Å². The summed E-state index contributed by atoms with van der Waals surface area (Å²) < 4.78 is 2.60. The molecule has 1 aromatic carbocycles. The summed E-state index contributed by atoms with van der Waals surface area (Å²) in [5.74, 6) is 0.524. The summed E-state index contributed by atoms with van der Waals surface area (Å²) in [7, 11) is 3.14. The zero-order valence-corrected chi connectivity index (χ0v) is 18.3. The van der Waals surface area contributed by atoms with E-state index >= 15 is 0 Å². The molecule has 2 aromatic rings. The predicted octanol–water partition coefficient (Wildman–Crippen LogP) is 0.923. The smallest absolute Gasteiger partial charge is 0.332 e. The van der Waals surface area contributed by atoms with Crippen LogP contribution in [0.2, 0.25) is 0 Å². The third kappa shape index (κ3) is 5.61. The number of hydrogen-bond acceptors (Lipinski definition) is 7. The zero-order valence-electron chi connectivity index (χ0n) is 18.3. The quantitative estimate of drug-likeness (QED) is 0.365. The first kappa shape index (κ1) is 23.2. The van der Waals surface area contributed by atoms with Gasteiger partial charge in [-0.2, -0.15) is 0 Å². The molecular weight excluding hydrogens is 416 g/mol. The Balaban J connectivity index is 1.38. The fourth-order valence-electron chi connectivity index (χ4n) is 3.74. The average Bonchev–Trinajstić information content (AvgIpc) is 2.78. The summed E-state index contributed by atoms with van der Waals surface area (Å²) in [6.45, 7) is 3.95. The van der Waals surface area contributed by atoms with Gasteiger partial charge in [0.05, 0.1) is 4.92 Å². The molecule has 32 heavy (non-hydrogen) atoms. The van der Waals surface area contributed by atoms with Gasteiger partial charge in [0.15, 0.2) is 0 Å². The lowest BCUT2D eigenvalue weighted by molar-refractivity contribution is -0.384. The second kappa shape index (κ2) is 10.2. The van der Waals surface area contributed by atoms with Crippen LogP contribution in [0.25, 0.3) is 0 Å². The molecule has 3 rings (SSSR count). The highest BCUT2D eigenvalue weighted by Crippen LogP contribution is 2.16. The number of carbonyl (C=O) groups is 1. The van der Waals surface area contributed by atoms with E-state index in [-0.39, 0.29) is 22.8 Å². The Morgan fingerprint density at radius 2 is 1.69 bits per heavy atom. The van der Waals surface area contributed by atoms with Crippen molar-refractivity contribution in [2.24, 2.45) is 14.1 Å². The Morgan fingerprint density at radius 1 is 1.03 bits per heavy atom. The van der Waals surface area contributed by atoms with Gasteiger partial charge in [-0.3, -0.25) is 33.7 Å². The number of non-ortho nitro benzene ring substituents is 1. The van der Waals surface area contributed by atoms with Crippen molar-refractivity contribution in [1.29, 1.82) is 0 Å². The first-order valence-corrected chi connectivity index (χ1v) is 10.5. The van der Waals surface area contributed by atoms with Crippen LogP contribution in [0.5, 0.6) is 0 Å². The van der Waals surface area contributed by atoms with Crippen molar-refractivity contribution in [3.8, 4) is 0 Å². The van der Waals surface area contributed by atoms with E-state index in [1.165, 1.54) is 41.9 Å². The van der Waals surface area contributed by atoms with E-state index in [4.69, 9.17) is 0 Å². The normalized spacial score (nSPS) is 14.4. The summed E-state index contributed by atoms with van der Waals surface area (Å²) in [6, 6.07) is 7.27. The van der Waals surface area contributed by atoms with Gasteiger partial charge in [-0.15, -0.1) is 0 Å². The molecule has 0 spiro atoms. The van der Waals surface area contributed by atoms with Gasteiger partial charge in [0.25, 0.3) is 11.2 Å². The number of hydrogen-bond donors (Lipinski definition) is 1. The molecule has 0 unspecified atom stereocenters. The fourth-order valence-corrected chi connectivity index (χ4v) is 3.74. The number of nitro benzene ring substituents is 1. The number of anilines is 2. The maximum atomic E-state index is 12.1. The van der Waals surface area contributed by atoms with Crippen molar-refractivity contribution in [3.05, 3.63) is 61.3 Å². The Labute approximate surface area is 185 Å². The summed E-state index contributed by atoms with van der Waals surface area (Å²) in [5.41, 5.74) is -0.110. The monoisotopic (exact) mass is 444 g/mol. The van der Waals surface area contributed by atoms with Crippen molar-refractivity contribution < 1.29 is 9.72 Å². The number of nitro groups is 1. The minimum absolute atomic E-state index is 0.0138. The van der Waals surface area contributed by atoms with Gasteiger partial charge in [0, 0.05) is 70.6 Å². The molecule has 0 atom stereocenters. The van der Waals surface area contributed by atoms with Crippen LogP contribution in [0.1, 0.15) is 19.3 Å². The molecule has 11 nitrogen and oxygen atoms in total. The predicted molar refractivity (Wildman–Crippen MR) is 121 cm³/mol. The highest BCUT2D eigenvalue weighted by molar-refractivity contribution is 5.90. The van der Waals surface area contributed by atoms with Crippen molar-refractivity contribution >= 4 is 23.1 Å². The number of rotatable bonds is 8. The minimum Gasteiger partial charge on any atom is -0.355 e. The third-order valence-electron chi connectivity index (χ3n) is 5.69. The molecule has 0 radical (unpaired) electrons. The Morgan fingerprint density at radius 3 is 2.31 bits per heavy atom. The second-order valence-corrected chi connectivity index (χ2v) is 7.88. The van der Waals surface area contributed by atoms with Crippen molar-refractivity contribution in [3.63, 3.8) is 0 Å². The van der Waals surface area contributed by atoms with Gasteiger partial charge >= 0.3 is 5.69 Å². The number of unbranched alkanes of at least 4 members (excludes halogenated alkanes) is 1. The maximum absolute atomic E-state index is 12.1. The van der Waals surface area contributed by atoms with E-state index < -0.39 is 4.92 Å². The number of carbonyl (C=O) groups excluding carboxylic acids is 1. The fraction of sp³-hybridized carbons (Fsp3) is 0.476. The maximum Gasteiger partial charge on any atom is 0.332 e. The van der Waals surface area contributed by atoms with Crippen molar-refractivity contribution in [2.75, 3.05) is 42.9 Å². The van der Waals surface area contributed by atoms with E-state index in [9.17, 15) is 24.5 Å². The molecule has 1 aliphatic heterocycles. The lowest BCUT2D eigenvalue weighted by Crippen LogP contribution is -2.49. The van der Waals surface area contributed by atoms with Crippen LogP contribution in [0, 0.1) is 10.1 Å². The molecule has 1 fully saturated rings. The Kier molecular flexibility index (Phi) is 7.41. The number of piperazine rings is 1. The average molecular weight is 444 g/mol. The molecule has 11 heteroatoms. The van der Waals surface area contributed by atoms with Crippen LogP contribution in [-0.2, 0) is 18.9 Å². The molecule has 1 aromatic heterocycles. The number of aromatic nitrogens is 2. The zero-order chi connectivity index (χ0) is 23.3. The third-order valence-corrected chi connectivity index (χ3v) is 5.69. The molecule has 0 bridgehead atoms. The summed E-state index contributed by atoms with van der Waals surface area (Å²) in [6.07, 6.45) is 1.99. The van der Waals surface area contributed by atoms with Gasteiger partial charge in [0.1, 0.15) is 5.82 Å². The summed E-state index contributed by atoms with van der Waals surface area (Å²) in [5, 5.41) is 13.4. The van der Waals surface area contributed by atoms with E-state index in [1.807, 2.05) is 0 Å². The number of benzene rings is 1. The highest BCUT2D eigenvalue weighted by Gasteiger charge is 2.20. The topological polar surface area (TPSA) is 123 Å². The molecule has 2 heterocycles. The molecule has 1 amide bonds. The standard InChI is InChI=1S/C21H28N6O5/c1-23-19(15-20(29)24(2)21(23)30)26-13-11-25(12-14-26)10-4-3-5-18(28)22-16-6-8-17(9-7-16)27(31)32/h6-9,15H,3-5,10-14H2,1-2H3,(H,22,28). The van der Waals surface area contributed by atoms with E-state index in [0.29, 0.717) is 17.9 Å². The summed E-state index contributed by atoms with van der Waals surface area (Å²) >= 11 is 0. The highest BCUT2D eigenvalue weighted by atomic mass is 16.6. The lowest BCUT2D eigenvalue weighted by Gasteiger charge is -2.36. The number of amides is 1. The molecule has 1 aliphatic rings. The molecule has 0 aliphatic carbocycles. The van der Waals surface area contributed by atoms with Crippen molar-refractivity contribution in [2.45, 2.75) is 19.3 Å². The van der Waals surface area contributed by atoms with Gasteiger partial charge in [-0.1, -0.05) is 0 Å². The molecule has 0 saturated carbocycles. The largest absolute Gasteiger partial charge is 0.355 e. The molecular formula is C21H28N6O5. The number of nitrogens with one attached hydrogen (secondary N) is 1. The van der Waals surface area contributed by atoms with Crippen molar-refractivity contribution in [1.82, 2.24) is 14.0 Å². The number of nitrogens with zero attached hydrogens (tertiary/aromatic N) is 5. The minimum atomic E-state index is -0.479. The summed E-state index contributed by atoms with van der Waals surface area (Å²) in [4.78, 5) is 50.7. The first-order valence-electron chi connectivity index (χ1n) is 10.5. The SMILES string of the molecule is Cn1c(N2CCN(CCCCC(=O)Nc3ccc([N+](=O)[O-])cc3)CC2)cc(=O)n(C)c1=O. The van der Waals surface area contributed by atoms with Gasteiger partial charge in [0.2, 0.25) is 5.91 Å². The molecule has 172 valence electrons. The van der Waals surface area contributed by atoms with Crippen LogP contribution in [0.3, 0.4) is 0 Å². The Bertz CT molecular complexity index is 1080. The Hall–Kier alpha value is -3.47. The van der Waals surface area contributed by atoms with E-state index in [1.54, 1.807) is 7.05 Å².